The molecule has 7 heteroatoms. The van der Waals surface area contributed by atoms with Gasteiger partial charge in [0.1, 0.15) is 0 Å². The quantitative estimate of drug-likeness (QED) is 0.293. The van der Waals surface area contributed by atoms with Crippen LogP contribution in [0, 0.1) is 23.7 Å². The minimum Gasteiger partial charge on any atom is -0.493 e. The molecule has 4 N–H and O–H groups in total. The Kier molecular flexibility index (Phi) is 14.2. The first-order valence-electron chi connectivity index (χ1n) is 12.6. The number of ether oxygens (including phenoxy) is 3. The summed E-state index contributed by atoms with van der Waals surface area (Å²) in [5, 5.41) is 13.7. The summed E-state index contributed by atoms with van der Waals surface area (Å²) >= 11 is 0. The highest BCUT2D eigenvalue weighted by Crippen LogP contribution is 2.31. The van der Waals surface area contributed by atoms with Crippen LogP contribution in [0.4, 0.5) is 0 Å². The summed E-state index contributed by atoms with van der Waals surface area (Å²) in [7, 11) is 3.32. The molecule has 4 atom stereocenters. The lowest BCUT2D eigenvalue weighted by atomic mass is 9.81. The third-order valence-corrected chi connectivity index (χ3v) is 6.48. The summed E-state index contributed by atoms with van der Waals surface area (Å²) in [5.41, 5.74) is 7.61. The van der Waals surface area contributed by atoms with E-state index in [1.165, 1.54) is 0 Å². The summed E-state index contributed by atoms with van der Waals surface area (Å²) < 4.78 is 16.5. The monoisotopic (exact) mass is 480 g/mol. The van der Waals surface area contributed by atoms with Crippen molar-refractivity contribution in [3.63, 3.8) is 0 Å². The normalized spacial score (nSPS) is 15.1. The zero-order valence-corrected chi connectivity index (χ0v) is 22.3. The predicted octanol–water partition coefficient (Wildman–Crippen LogP) is 3.80. The predicted molar refractivity (Wildman–Crippen MR) is 137 cm³/mol. The van der Waals surface area contributed by atoms with Crippen LogP contribution in [0.3, 0.4) is 0 Å². The van der Waals surface area contributed by atoms with Crippen LogP contribution < -0.4 is 20.5 Å². The van der Waals surface area contributed by atoms with Crippen molar-refractivity contribution >= 4 is 5.91 Å². The van der Waals surface area contributed by atoms with Crippen molar-refractivity contribution < 1.29 is 24.1 Å². The lowest BCUT2D eigenvalue weighted by molar-refractivity contribution is -0.127. The zero-order chi connectivity index (χ0) is 25.7. The zero-order valence-electron chi connectivity index (χ0n) is 22.3. The van der Waals surface area contributed by atoms with E-state index in [0.29, 0.717) is 44.3 Å². The molecule has 1 aromatic rings. The third-order valence-electron chi connectivity index (χ3n) is 6.48. The van der Waals surface area contributed by atoms with Crippen molar-refractivity contribution in [1.29, 1.82) is 0 Å². The highest BCUT2D eigenvalue weighted by atomic mass is 16.5. The molecule has 0 saturated heterocycles. The van der Waals surface area contributed by atoms with E-state index in [1.54, 1.807) is 14.2 Å². The van der Waals surface area contributed by atoms with Gasteiger partial charge in [0, 0.05) is 38.6 Å². The molecular weight excluding hydrogens is 432 g/mol. The van der Waals surface area contributed by atoms with E-state index in [2.05, 4.69) is 25.2 Å². The molecule has 0 aromatic heterocycles. The molecule has 0 radical (unpaired) electrons. The molecule has 1 unspecified atom stereocenters. The Balaban J connectivity index is 2.85. The Morgan fingerprint density at radius 1 is 1.06 bits per heavy atom. The minimum atomic E-state index is -0.730. The number of amides is 1. The van der Waals surface area contributed by atoms with E-state index in [1.807, 2.05) is 32.9 Å². The standard InChI is InChI=1S/C27H48N2O5/c1-8-29-27(31)22(19(4)5)17-24(30)23(28)16-21(18(2)3)14-20-10-11-25(33-7)26(15-20)34-13-9-12-32-6/h10-11,15,18-19,21-24,30H,8-9,12-14,16-17,28H2,1-7H3,(H,29,31)/t21-,22-,23-,24?/m0/s1. The number of carbonyl (C=O) groups excluding carboxylic acids is 1. The minimum absolute atomic E-state index is 0.0135. The number of carbonyl (C=O) groups is 1. The Morgan fingerprint density at radius 2 is 1.76 bits per heavy atom. The van der Waals surface area contributed by atoms with Gasteiger partial charge in [-0.1, -0.05) is 33.8 Å². The van der Waals surface area contributed by atoms with Gasteiger partial charge in [-0.3, -0.25) is 4.79 Å². The highest BCUT2D eigenvalue weighted by Gasteiger charge is 2.29. The molecule has 34 heavy (non-hydrogen) atoms. The molecule has 0 spiro atoms. The molecule has 0 aliphatic rings. The third kappa shape index (κ3) is 10.2. The van der Waals surface area contributed by atoms with Gasteiger partial charge in [-0.25, -0.2) is 0 Å². The SMILES string of the molecule is CCNC(=O)[C@@H](CC(O)[C@@H](N)C[C@H](Cc1ccc(OC)c(OCCCOC)c1)C(C)C)C(C)C. The van der Waals surface area contributed by atoms with Crippen LogP contribution in [-0.2, 0) is 16.0 Å². The number of nitrogens with two attached hydrogens (primary N) is 1. The molecule has 0 aliphatic heterocycles. The smallest absolute Gasteiger partial charge is 0.223 e. The first-order valence-corrected chi connectivity index (χ1v) is 12.6. The number of methoxy groups -OCH3 is 2. The Morgan fingerprint density at radius 3 is 2.32 bits per heavy atom. The fourth-order valence-electron chi connectivity index (χ4n) is 4.17. The fraction of sp³-hybridized carbons (Fsp3) is 0.741. The van der Waals surface area contributed by atoms with Crippen molar-refractivity contribution in [3.8, 4) is 11.5 Å². The summed E-state index contributed by atoms with van der Waals surface area (Å²) in [6.45, 7) is 12.1. The van der Waals surface area contributed by atoms with E-state index in [9.17, 15) is 9.90 Å². The molecule has 1 amide bonds. The summed E-state index contributed by atoms with van der Waals surface area (Å²) in [6.07, 6.45) is 1.94. The van der Waals surface area contributed by atoms with E-state index < -0.39 is 12.1 Å². The second-order valence-corrected chi connectivity index (χ2v) is 9.84. The van der Waals surface area contributed by atoms with Crippen molar-refractivity contribution in [3.05, 3.63) is 23.8 Å². The van der Waals surface area contributed by atoms with Gasteiger partial charge in [-0.05, 0) is 61.6 Å². The fourth-order valence-corrected chi connectivity index (χ4v) is 4.17. The topological polar surface area (TPSA) is 103 Å². The molecule has 1 aromatic carbocycles. The van der Waals surface area contributed by atoms with Gasteiger partial charge < -0.3 is 30.4 Å². The second-order valence-electron chi connectivity index (χ2n) is 9.84. The lowest BCUT2D eigenvalue weighted by Gasteiger charge is -2.30. The second kappa shape index (κ2) is 16.0. The van der Waals surface area contributed by atoms with Crippen LogP contribution in [0.2, 0.25) is 0 Å². The van der Waals surface area contributed by atoms with Crippen molar-refractivity contribution in [1.82, 2.24) is 5.32 Å². The number of rotatable bonds is 17. The lowest BCUT2D eigenvalue weighted by Crippen LogP contribution is -2.42. The van der Waals surface area contributed by atoms with Gasteiger partial charge in [0.15, 0.2) is 11.5 Å². The largest absolute Gasteiger partial charge is 0.493 e. The molecular formula is C27H48N2O5. The number of benzene rings is 1. The summed E-state index contributed by atoms with van der Waals surface area (Å²) in [5.74, 6) is 1.97. The van der Waals surface area contributed by atoms with E-state index >= 15 is 0 Å². The Bertz CT molecular complexity index is 710. The van der Waals surface area contributed by atoms with Crippen molar-refractivity contribution in [2.75, 3.05) is 34.0 Å². The van der Waals surface area contributed by atoms with Crippen LogP contribution in [-0.4, -0.2) is 57.1 Å². The summed E-state index contributed by atoms with van der Waals surface area (Å²) in [4.78, 5) is 12.4. The molecule has 196 valence electrons. The van der Waals surface area contributed by atoms with Gasteiger partial charge in [-0.15, -0.1) is 0 Å². The number of hydrogen-bond acceptors (Lipinski definition) is 6. The Labute approximate surface area is 206 Å². The molecule has 7 nitrogen and oxygen atoms in total. The number of aliphatic hydroxyl groups is 1. The van der Waals surface area contributed by atoms with Crippen LogP contribution in [0.25, 0.3) is 0 Å². The van der Waals surface area contributed by atoms with E-state index in [-0.39, 0.29) is 23.7 Å². The van der Waals surface area contributed by atoms with Gasteiger partial charge in [-0.2, -0.15) is 0 Å². The molecule has 0 heterocycles. The van der Waals surface area contributed by atoms with Crippen LogP contribution >= 0.6 is 0 Å². The highest BCUT2D eigenvalue weighted by molar-refractivity contribution is 5.78. The van der Waals surface area contributed by atoms with E-state index in [4.69, 9.17) is 19.9 Å². The van der Waals surface area contributed by atoms with E-state index in [0.717, 1.165) is 24.2 Å². The van der Waals surface area contributed by atoms with Crippen molar-refractivity contribution in [2.24, 2.45) is 29.4 Å². The van der Waals surface area contributed by atoms with Gasteiger partial charge in [0.05, 0.1) is 19.8 Å². The van der Waals surface area contributed by atoms with Crippen LogP contribution in [0.5, 0.6) is 11.5 Å². The van der Waals surface area contributed by atoms with Crippen LogP contribution in [0.15, 0.2) is 18.2 Å². The molecule has 1 rings (SSSR count). The van der Waals surface area contributed by atoms with Gasteiger partial charge >= 0.3 is 0 Å². The maximum atomic E-state index is 12.4. The van der Waals surface area contributed by atoms with Gasteiger partial charge in [0.2, 0.25) is 5.91 Å². The first kappa shape index (κ1) is 30.2. The van der Waals surface area contributed by atoms with Crippen LogP contribution in [0.1, 0.15) is 59.4 Å². The first-order chi connectivity index (χ1) is 16.1. The average molecular weight is 481 g/mol. The van der Waals surface area contributed by atoms with Gasteiger partial charge in [0.25, 0.3) is 0 Å². The van der Waals surface area contributed by atoms with Crippen molar-refractivity contribution in [2.45, 2.75) is 72.4 Å². The molecule has 0 fully saturated rings. The molecule has 0 saturated carbocycles. The Hall–Kier alpha value is -1.83. The maximum Gasteiger partial charge on any atom is 0.223 e. The maximum absolute atomic E-state index is 12.4. The summed E-state index contributed by atoms with van der Waals surface area (Å²) in [6, 6.07) is 5.63. The average Bonchev–Trinajstić information content (AvgIpc) is 2.79. The molecule has 0 aliphatic carbocycles. The number of nitrogens with one attached hydrogen (secondary N) is 1. The number of aliphatic hydroxyl groups excluding tert-OH is 1. The number of hydrogen-bond donors (Lipinski definition) is 3. The molecule has 0 bridgehead atoms.